The molecule has 1 aliphatic rings. The van der Waals surface area contributed by atoms with Crippen molar-refractivity contribution in [2.24, 2.45) is 0 Å². The van der Waals surface area contributed by atoms with Gasteiger partial charge in [-0.3, -0.25) is 0 Å². The highest BCUT2D eigenvalue weighted by Gasteiger charge is 2.26. The van der Waals surface area contributed by atoms with Crippen LogP contribution in [0.3, 0.4) is 0 Å². The molecular formula is C24H24NO+. The molecule has 130 valence electrons. The molecule has 0 saturated heterocycles. The zero-order chi connectivity index (χ0) is 17.8. The van der Waals surface area contributed by atoms with Gasteiger partial charge in [-0.25, -0.2) is 4.58 Å². The highest BCUT2D eigenvalue weighted by atomic mass is 16.5. The van der Waals surface area contributed by atoms with Crippen molar-refractivity contribution < 1.29 is 9.31 Å². The molecule has 3 aromatic carbocycles. The topological polar surface area (TPSA) is 12.2 Å². The molecule has 3 aromatic rings. The van der Waals surface area contributed by atoms with Gasteiger partial charge in [0.05, 0.1) is 13.5 Å². The second kappa shape index (κ2) is 7.57. The minimum Gasteiger partial charge on any atom is -0.497 e. The van der Waals surface area contributed by atoms with Gasteiger partial charge in [0.1, 0.15) is 12.3 Å². The number of nitrogens with zero attached hydrogens (tertiary/aromatic N) is 1. The molecule has 0 N–H and O–H groups in total. The van der Waals surface area contributed by atoms with Crippen LogP contribution in [0, 0.1) is 0 Å². The quantitative estimate of drug-likeness (QED) is 0.622. The van der Waals surface area contributed by atoms with Gasteiger partial charge in [0, 0.05) is 17.5 Å². The van der Waals surface area contributed by atoms with Gasteiger partial charge in [0.2, 0.25) is 0 Å². The Morgan fingerprint density at radius 1 is 0.846 bits per heavy atom. The van der Waals surface area contributed by atoms with Crippen LogP contribution in [-0.4, -0.2) is 23.9 Å². The molecule has 2 heteroatoms. The third-order valence-electron chi connectivity index (χ3n) is 5.09. The van der Waals surface area contributed by atoms with Gasteiger partial charge < -0.3 is 4.74 Å². The van der Waals surface area contributed by atoms with E-state index in [2.05, 4.69) is 83.4 Å². The first-order valence-electron chi connectivity index (χ1n) is 9.19. The standard InChI is InChI=1S/C24H24NO/c1-26-22-12-13-23-21(17-22)14-15-25(18-20-10-6-3-7-11-20)24(23)16-19-8-4-2-5-9-19/h2-13,17H,14-16,18H2,1H3/q+1. The molecule has 26 heavy (non-hydrogen) atoms. The maximum atomic E-state index is 5.43. The summed E-state index contributed by atoms with van der Waals surface area (Å²) in [6.07, 6.45) is 2.00. The predicted octanol–water partition coefficient (Wildman–Crippen LogP) is 4.50. The highest BCUT2D eigenvalue weighted by molar-refractivity contribution is 6.00. The molecule has 0 unspecified atom stereocenters. The van der Waals surface area contributed by atoms with Gasteiger partial charge in [0.15, 0.2) is 12.3 Å². The lowest BCUT2D eigenvalue weighted by molar-refractivity contribution is -0.545. The average molecular weight is 342 g/mol. The van der Waals surface area contributed by atoms with E-state index in [-0.39, 0.29) is 0 Å². The van der Waals surface area contributed by atoms with Crippen molar-refractivity contribution in [3.05, 3.63) is 101 Å². The van der Waals surface area contributed by atoms with E-state index in [9.17, 15) is 0 Å². The minimum absolute atomic E-state index is 0.944. The Bertz CT molecular complexity index is 913. The van der Waals surface area contributed by atoms with Crippen molar-refractivity contribution in [2.75, 3.05) is 13.7 Å². The highest BCUT2D eigenvalue weighted by Crippen LogP contribution is 2.24. The lowest BCUT2D eigenvalue weighted by Gasteiger charge is -2.20. The number of ether oxygens (including phenoxy) is 1. The van der Waals surface area contributed by atoms with Crippen LogP contribution in [0.4, 0.5) is 0 Å². The number of methoxy groups -OCH3 is 1. The number of hydrogen-bond donors (Lipinski definition) is 0. The predicted molar refractivity (Wildman–Crippen MR) is 106 cm³/mol. The minimum atomic E-state index is 0.944. The third kappa shape index (κ3) is 3.55. The monoisotopic (exact) mass is 342 g/mol. The fourth-order valence-corrected chi connectivity index (χ4v) is 3.72. The summed E-state index contributed by atoms with van der Waals surface area (Å²) in [7, 11) is 1.74. The van der Waals surface area contributed by atoms with Crippen LogP contribution in [0.2, 0.25) is 0 Å². The van der Waals surface area contributed by atoms with Crippen LogP contribution in [0.1, 0.15) is 22.3 Å². The molecule has 2 nitrogen and oxygen atoms in total. The Morgan fingerprint density at radius 3 is 2.23 bits per heavy atom. The first-order valence-corrected chi connectivity index (χ1v) is 9.19. The van der Waals surface area contributed by atoms with Crippen molar-refractivity contribution in [1.82, 2.24) is 0 Å². The van der Waals surface area contributed by atoms with Crippen molar-refractivity contribution in [3.63, 3.8) is 0 Å². The molecule has 0 aromatic heterocycles. The summed E-state index contributed by atoms with van der Waals surface area (Å²) in [5.41, 5.74) is 6.86. The van der Waals surface area contributed by atoms with Crippen LogP contribution >= 0.6 is 0 Å². The fraction of sp³-hybridized carbons (Fsp3) is 0.208. The summed E-state index contributed by atoms with van der Waals surface area (Å²) in [5, 5.41) is 0. The maximum Gasteiger partial charge on any atom is 0.188 e. The third-order valence-corrected chi connectivity index (χ3v) is 5.09. The second-order valence-electron chi connectivity index (χ2n) is 6.79. The van der Waals surface area contributed by atoms with E-state index in [4.69, 9.17) is 4.74 Å². The molecule has 1 aliphatic heterocycles. The zero-order valence-corrected chi connectivity index (χ0v) is 15.2. The Kier molecular flexibility index (Phi) is 4.83. The molecule has 4 rings (SSSR count). The van der Waals surface area contributed by atoms with E-state index < -0.39 is 0 Å². The van der Waals surface area contributed by atoms with Crippen molar-refractivity contribution in [2.45, 2.75) is 19.4 Å². The van der Waals surface area contributed by atoms with Gasteiger partial charge in [-0.2, -0.15) is 0 Å². The van der Waals surface area contributed by atoms with Gasteiger partial charge >= 0.3 is 0 Å². The van der Waals surface area contributed by atoms with Gasteiger partial charge in [-0.15, -0.1) is 0 Å². The lowest BCUT2D eigenvalue weighted by Crippen LogP contribution is -2.31. The molecule has 0 bridgehead atoms. The van der Waals surface area contributed by atoms with Crippen molar-refractivity contribution in [3.8, 4) is 5.75 Å². The maximum absolute atomic E-state index is 5.43. The first-order chi connectivity index (χ1) is 12.8. The molecule has 0 radical (unpaired) electrons. The first kappa shape index (κ1) is 16.6. The van der Waals surface area contributed by atoms with E-state index in [1.165, 1.54) is 28.0 Å². The molecule has 1 heterocycles. The summed E-state index contributed by atoms with van der Waals surface area (Å²) >= 11 is 0. The Labute approximate surface area is 155 Å². The summed E-state index contributed by atoms with van der Waals surface area (Å²) in [5.74, 6) is 0.944. The van der Waals surface area contributed by atoms with E-state index in [1.807, 2.05) is 0 Å². The van der Waals surface area contributed by atoms with E-state index in [1.54, 1.807) is 7.11 Å². The Morgan fingerprint density at radius 2 is 1.54 bits per heavy atom. The zero-order valence-electron chi connectivity index (χ0n) is 15.2. The Hall–Kier alpha value is -2.87. The normalized spacial score (nSPS) is 13.4. The Balaban J connectivity index is 1.76. The van der Waals surface area contributed by atoms with E-state index in [0.717, 1.165) is 31.7 Å². The average Bonchev–Trinajstić information content (AvgIpc) is 2.71. The summed E-state index contributed by atoms with van der Waals surface area (Å²) < 4.78 is 7.97. The van der Waals surface area contributed by atoms with Crippen molar-refractivity contribution >= 4 is 5.71 Å². The van der Waals surface area contributed by atoms with Crippen LogP contribution in [-0.2, 0) is 19.4 Å². The number of rotatable bonds is 5. The largest absolute Gasteiger partial charge is 0.497 e. The van der Waals surface area contributed by atoms with Crippen molar-refractivity contribution in [1.29, 1.82) is 0 Å². The summed E-state index contributed by atoms with van der Waals surface area (Å²) in [6.45, 7) is 1.99. The number of fused-ring (bicyclic) bond motifs is 1. The molecule has 0 amide bonds. The molecular weight excluding hydrogens is 318 g/mol. The smallest absolute Gasteiger partial charge is 0.188 e. The van der Waals surface area contributed by atoms with Crippen LogP contribution in [0.25, 0.3) is 0 Å². The lowest BCUT2D eigenvalue weighted by atomic mass is 9.92. The molecule has 0 fully saturated rings. The number of benzene rings is 3. The SMILES string of the molecule is COc1ccc2c(c1)CC[N+](Cc1ccccc1)=C2Cc1ccccc1. The van der Waals surface area contributed by atoms with E-state index in [0.29, 0.717) is 0 Å². The van der Waals surface area contributed by atoms with Crippen LogP contribution in [0.15, 0.2) is 78.9 Å². The second-order valence-corrected chi connectivity index (χ2v) is 6.79. The molecule has 0 atom stereocenters. The van der Waals surface area contributed by atoms with Gasteiger partial charge in [0.25, 0.3) is 0 Å². The van der Waals surface area contributed by atoms with Crippen LogP contribution in [0.5, 0.6) is 5.75 Å². The molecule has 0 aliphatic carbocycles. The summed E-state index contributed by atoms with van der Waals surface area (Å²) in [4.78, 5) is 0. The van der Waals surface area contributed by atoms with Crippen LogP contribution < -0.4 is 4.74 Å². The fourth-order valence-electron chi connectivity index (χ4n) is 3.72. The molecule has 0 spiro atoms. The molecule has 0 saturated carbocycles. The van der Waals surface area contributed by atoms with Gasteiger partial charge in [-0.1, -0.05) is 60.7 Å². The van der Waals surface area contributed by atoms with Gasteiger partial charge in [-0.05, 0) is 29.3 Å². The number of hydrogen-bond acceptors (Lipinski definition) is 1. The van der Waals surface area contributed by atoms with E-state index >= 15 is 0 Å². The summed E-state index contributed by atoms with van der Waals surface area (Å²) in [6, 6.07) is 28.0.